The highest BCUT2D eigenvalue weighted by molar-refractivity contribution is 6.68. The second-order valence-electron chi connectivity index (χ2n) is 7.76. The number of carbonyl (C=O) groups is 1. The van der Waals surface area contributed by atoms with Crippen LogP contribution in [-0.2, 0) is 11.3 Å². The van der Waals surface area contributed by atoms with Gasteiger partial charge in [-0.3, -0.25) is 14.5 Å². The van der Waals surface area contributed by atoms with Gasteiger partial charge in [-0.2, -0.15) is 0 Å². The molecule has 3 rings (SSSR count). The van der Waals surface area contributed by atoms with E-state index in [1.807, 2.05) is 29.4 Å². The molecule has 0 unspecified atom stereocenters. The van der Waals surface area contributed by atoms with Crippen LogP contribution in [0.15, 0.2) is 23.0 Å². The third-order valence-corrected chi connectivity index (χ3v) is 5.69. The van der Waals surface area contributed by atoms with E-state index in [2.05, 4.69) is 5.32 Å². The number of halogens is 3. The van der Waals surface area contributed by atoms with Crippen molar-refractivity contribution in [3.8, 4) is 0 Å². The Labute approximate surface area is 168 Å². The van der Waals surface area contributed by atoms with E-state index in [9.17, 15) is 9.59 Å². The quantitative estimate of drug-likeness (QED) is 0.761. The number of hydrogen-bond acceptors (Lipinski definition) is 3. The van der Waals surface area contributed by atoms with Crippen LogP contribution in [0.2, 0.25) is 0 Å². The summed E-state index contributed by atoms with van der Waals surface area (Å²) in [5, 5.41) is 2.91. The Kier molecular flexibility index (Phi) is 5.92. The smallest absolute Gasteiger partial charge is 0.250 e. The van der Waals surface area contributed by atoms with Gasteiger partial charge in [-0.1, -0.05) is 54.7 Å². The number of fused-ring (bicyclic) bond motifs is 4. The zero-order valence-corrected chi connectivity index (χ0v) is 17.2. The lowest BCUT2D eigenvalue weighted by molar-refractivity contribution is -0.124. The van der Waals surface area contributed by atoms with Crippen molar-refractivity contribution < 1.29 is 4.79 Å². The first kappa shape index (κ1) is 20.0. The van der Waals surface area contributed by atoms with Gasteiger partial charge in [0.2, 0.25) is 9.70 Å². The number of hydrogen-bond donors (Lipinski definition) is 1. The molecule has 144 valence electrons. The van der Waals surface area contributed by atoms with E-state index in [0.717, 1.165) is 12.1 Å². The first-order chi connectivity index (χ1) is 12.1. The molecule has 0 radical (unpaired) electrons. The average molecular weight is 421 g/mol. The van der Waals surface area contributed by atoms with Gasteiger partial charge in [0.25, 0.3) is 5.56 Å². The molecular formula is C18H24Cl3N3O2. The zero-order chi connectivity index (χ0) is 19.1. The summed E-state index contributed by atoms with van der Waals surface area (Å²) >= 11 is 18.6. The summed E-state index contributed by atoms with van der Waals surface area (Å²) in [4.78, 5) is 26.5. The van der Waals surface area contributed by atoms with Crippen LogP contribution >= 0.6 is 34.8 Å². The number of piperidine rings is 1. The molecule has 1 aromatic heterocycles. The minimum absolute atomic E-state index is 0.0359. The van der Waals surface area contributed by atoms with Crippen molar-refractivity contribution in [3.63, 3.8) is 0 Å². The zero-order valence-electron chi connectivity index (χ0n) is 14.9. The first-order valence-electron chi connectivity index (χ1n) is 8.95. The molecule has 0 aromatic carbocycles. The molecule has 0 saturated carbocycles. The number of nitrogens with zero attached hydrogens (tertiary/aromatic N) is 2. The third kappa shape index (κ3) is 4.38. The maximum absolute atomic E-state index is 12.3. The SMILES string of the molecule is CC(C)CC(=O)N[C@@H](N1C[C@H]2C[C@H](C1)c1cccc(=O)n1C2)C(Cl)(Cl)Cl. The van der Waals surface area contributed by atoms with E-state index in [4.69, 9.17) is 34.8 Å². The molecule has 1 saturated heterocycles. The maximum Gasteiger partial charge on any atom is 0.250 e. The molecular weight excluding hydrogens is 397 g/mol. The van der Waals surface area contributed by atoms with Crippen LogP contribution in [0.5, 0.6) is 0 Å². The van der Waals surface area contributed by atoms with Crippen molar-refractivity contribution in [1.29, 1.82) is 0 Å². The van der Waals surface area contributed by atoms with E-state index in [-0.39, 0.29) is 23.3 Å². The van der Waals surface area contributed by atoms with Crippen molar-refractivity contribution in [2.75, 3.05) is 13.1 Å². The lowest BCUT2D eigenvalue weighted by Gasteiger charge is -2.47. The highest BCUT2D eigenvalue weighted by atomic mass is 35.6. The number of pyridine rings is 1. The van der Waals surface area contributed by atoms with E-state index in [0.29, 0.717) is 32.0 Å². The fourth-order valence-corrected chi connectivity index (χ4v) is 4.68. The van der Waals surface area contributed by atoms with Gasteiger partial charge in [0, 0.05) is 43.7 Å². The number of rotatable bonds is 4. The van der Waals surface area contributed by atoms with Crippen molar-refractivity contribution in [2.24, 2.45) is 11.8 Å². The Morgan fingerprint density at radius 3 is 2.65 bits per heavy atom. The second kappa shape index (κ2) is 7.70. The maximum atomic E-state index is 12.3. The monoisotopic (exact) mass is 419 g/mol. The molecule has 3 atom stereocenters. The van der Waals surface area contributed by atoms with Crippen LogP contribution in [-0.4, -0.2) is 38.4 Å². The van der Waals surface area contributed by atoms with E-state index < -0.39 is 9.96 Å². The summed E-state index contributed by atoms with van der Waals surface area (Å²) in [6.07, 6.45) is 0.703. The Morgan fingerprint density at radius 2 is 2.00 bits per heavy atom. The molecule has 3 heterocycles. The number of aromatic nitrogens is 1. The molecule has 5 nitrogen and oxygen atoms in total. The van der Waals surface area contributed by atoms with Gasteiger partial charge in [0.15, 0.2) is 0 Å². The van der Waals surface area contributed by atoms with Crippen molar-refractivity contribution in [3.05, 3.63) is 34.2 Å². The molecule has 0 spiro atoms. The second-order valence-corrected chi connectivity index (χ2v) is 10.1. The van der Waals surface area contributed by atoms with Crippen molar-refractivity contribution >= 4 is 40.7 Å². The predicted octanol–water partition coefficient (Wildman–Crippen LogP) is 3.13. The van der Waals surface area contributed by atoms with Gasteiger partial charge in [0.1, 0.15) is 6.17 Å². The first-order valence-corrected chi connectivity index (χ1v) is 10.1. The fraction of sp³-hybridized carbons (Fsp3) is 0.667. The number of likely N-dealkylation sites (tertiary alicyclic amines) is 1. The topological polar surface area (TPSA) is 54.3 Å². The van der Waals surface area contributed by atoms with Crippen LogP contribution < -0.4 is 10.9 Å². The summed E-state index contributed by atoms with van der Waals surface area (Å²) in [5.74, 6) is 0.584. The highest BCUT2D eigenvalue weighted by Gasteiger charge is 2.44. The Hall–Kier alpha value is -0.750. The minimum Gasteiger partial charge on any atom is -0.337 e. The van der Waals surface area contributed by atoms with Crippen LogP contribution in [0, 0.1) is 11.8 Å². The molecule has 2 aliphatic heterocycles. The fourth-order valence-electron chi connectivity index (χ4n) is 4.11. The molecule has 1 N–H and O–H groups in total. The highest BCUT2D eigenvalue weighted by Crippen LogP contribution is 2.39. The van der Waals surface area contributed by atoms with E-state index in [1.54, 1.807) is 12.1 Å². The summed E-state index contributed by atoms with van der Waals surface area (Å²) < 4.78 is 0.229. The van der Waals surface area contributed by atoms with Crippen LogP contribution in [0.1, 0.15) is 38.3 Å². The van der Waals surface area contributed by atoms with Crippen LogP contribution in [0.3, 0.4) is 0 Å². The number of carbonyl (C=O) groups excluding carboxylic acids is 1. The Morgan fingerprint density at radius 1 is 1.27 bits per heavy atom. The van der Waals surface area contributed by atoms with Crippen molar-refractivity contribution in [1.82, 2.24) is 14.8 Å². The van der Waals surface area contributed by atoms with Gasteiger partial charge < -0.3 is 9.88 Å². The van der Waals surface area contributed by atoms with E-state index in [1.165, 1.54) is 0 Å². The lowest BCUT2D eigenvalue weighted by atomic mass is 9.83. The van der Waals surface area contributed by atoms with Crippen molar-refractivity contribution in [2.45, 2.75) is 49.1 Å². The Bertz CT molecular complexity index is 729. The molecule has 2 aliphatic rings. The van der Waals surface area contributed by atoms with Gasteiger partial charge in [-0.25, -0.2) is 0 Å². The van der Waals surface area contributed by atoms with Gasteiger partial charge in [0.05, 0.1) is 0 Å². The summed E-state index contributed by atoms with van der Waals surface area (Å²) in [6, 6.07) is 5.39. The van der Waals surface area contributed by atoms with Gasteiger partial charge >= 0.3 is 0 Å². The molecule has 1 amide bonds. The number of amides is 1. The third-order valence-electron chi connectivity index (χ3n) is 5.07. The average Bonchev–Trinajstić information content (AvgIpc) is 2.52. The van der Waals surface area contributed by atoms with Gasteiger partial charge in [-0.05, 0) is 24.3 Å². The van der Waals surface area contributed by atoms with E-state index >= 15 is 0 Å². The molecule has 1 aromatic rings. The van der Waals surface area contributed by atoms with Crippen LogP contribution in [0.25, 0.3) is 0 Å². The summed E-state index contributed by atoms with van der Waals surface area (Å²) in [7, 11) is 0. The minimum atomic E-state index is -1.63. The summed E-state index contributed by atoms with van der Waals surface area (Å²) in [5.41, 5.74) is 1.06. The Balaban J connectivity index is 1.82. The molecule has 1 fully saturated rings. The number of nitrogens with one attached hydrogen (secondary N) is 1. The normalized spacial score (nSPS) is 24.2. The molecule has 8 heteroatoms. The predicted molar refractivity (Wildman–Crippen MR) is 105 cm³/mol. The van der Waals surface area contributed by atoms with Crippen LogP contribution in [0.4, 0.5) is 0 Å². The molecule has 2 bridgehead atoms. The number of alkyl halides is 3. The summed E-state index contributed by atoms with van der Waals surface area (Å²) in [6.45, 7) is 5.93. The lowest BCUT2D eigenvalue weighted by Crippen LogP contribution is -2.60. The van der Waals surface area contributed by atoms with Gasteiger partial charge in [-0.15, -0.1) is 0 Å². The molecule has 0 aliphatic carbocycles. The molecule has 26 heavy (non-hydrogen) atoms. The standard InChI is InChI=1S/C18H24Cl3N3O2/c1-11(2)6-15(25)22-17(18(19,20)21)23-8-12-7-13(10-23)14-4-3-5-16(26)24(14)9-12/h3-5,11-13,17H,6-10H2,1-2H3,(H,22,25)/t12-,13-,17+/m1/s1. The largest absolute Gasteiger partial charge is 0.337 e.